The Morgan fingerprint density at radius 1 is 0.299 bits per heavy atom. The zero-order valence-corrected chi connectivity index (χ0v) is 44.9. The first-order chi connectivity index (χ1) is 33.0. The molecule has 67 heavy (non-hydrogen) atoms. The van der Waals surface area contributed by atoms with Crippen molar-refractivity contribution in [1.82, 2.24) is 0 Å². The Hall–Kier alpha value is -2.37. The van der Waals surface area contributed by atoms with Crippen LogP contribution in [0, 0.1) is 0 Å². The quantitative estimate of drug-likeness (QED) is 0.0262. The Balaban J connectivity index is 4.37. The zero-order valence-electron chi connectivity index (χ0n) is 44.9. The second-order valence-electron chi connectivity index (χ2n) is 19.9. The second-order valence-corrected chi connectivity index (χ2v) is 19.9. The largest absolute Gasteiger partial charge is 0.462 e. The van der Waals surface area contributed by atoms with Crippen LogP contribution in [0.4, 0.5) is 0 Å². The third-order valence-corrected chi connectivity index (χ3v) is 13.1. The maximum absolute atomic E-state index is 12.9. The number of hydrogen-bond donors (Lipinski definition) is 0. The third kappa shape index (κ3) is 54.4. The maximum Gasteiger partial charge on any atom is 0.306 e. The molecule has 0 N–H and O–H groups in total. The molecule has 0 fully saturated rings. The summed E-state index contributed by atoms with van der Waals surface area (Å²) in [6.07, 6.45) is 67.2. The van der Waals surface area contributed by atoms with E-state index < -0.39 is 6.10 Å². The average Bonchev–Trinajstić information content (AvgIpc) is 3.33. The lowest BCUT2D eigenvalue weighted by atomic mass is 10.0. The van der Waals surface area contributed by atoms with Gasteiger partial charge in [-0.25, -0.2) is 0 Å². The minimum atomic E-state index is -0.795. The summed E-state index contributed by atoms with van der Waals surface area (Å²) in [5, 5.41) is 0. The van der Waals surface area contributed by atoms with Gasteiger partial charge in [0.2, 0.25) is 0 Å². The van der Waals surface area contributed by atoms with Crippen molar-refractivity contribution in [2.45, 2.75) is 322 Å². The molecule has 0 saturated heterocycles. The molecular formula is C61H112O6. The molecular weight excluding hydrogens is 829 g/mol. The Kier molecular flexibility index (Phi) is 54.2. The number of hydrogen-bond acceptors (Lipinski definition) is 6. The van der Waals surface area contributed by atoms with Gasteiger partial charge in [-0.3, -0.25) is 14.4 Å². The monoisotopic (exact) mass is 941 g/mol. The molecule has 0 bridgehead atoms. The molecule has 0 saturated carbocycles. The summed E-state index contributed by atoms with van der Waals surface area (Å²) in [5.74, 6) is -0.950. The number of carbonyl (C=O) groups is 3. The van der Waals surface area contributed by atoms with E-state index in [0.29, 0.717) is 19.3 Å². The topological polar surface area (TPSA) is 78.9 Å². The van der Waals surface area contributed by atoms with E-state index in [-0.39, 0.29) is 37.5 Å². The van der Waals surface area contributed by atoms with E-state index in [9.17, 15) is 14.4 Å². The van der Waals surface area contributed by atoms with Crippen molar-refractivity contribution in [2.75, 3.05) is 13.2 Å². The summed E-state index contributed by atoms with van der Waals surface area (Å²) < 4.78 is 16.8. The minimum absolute atomic E-state index is 0.0899. The zero-order chi connectivity index (χ0) is 48.6. The van der Waals surface area contributed by atoms with Crippen LogP contribution in [-0.2, 0) is 28.6 Å². The van der Waals surface area contributed by atoms with Crippen LogP contribution in [-0.4, -0.2) is 37.2 Å². The molecule has 0 aromatic heterocycles. The molecule has 0 spiro atoms. The smallest absolute Gasteiger partial charge is 0.306 e. The van der Waals surface area contributed by atoms with Gasteiger partial charge < -0.3 is 14.2 Å². The fourth-order valence-electron chi connectivity index (χ4n) is 8.67. The normalized spacial score (nSPS) is 12.2. The molecule has 0 aliphatic heterocycles. The maximum atomic E-state index is 12.9. The highest BCUT2D eigenvalue weighted by molar-refractivity contribution is 5.71. The summed E-state index contributed by atoms with van der Waals surface area (Å²) in [6.45, 7) is 6.62. The summed E-state index contributed by atoms with van der Waals surface area (Å²) in [7, 11) is 0. The Morgan fingerprint density at radius 2 is 0.567 bits per heavy atom. The fourth-order valence-corrected chi connectivity index (χ4v) is 8.67. The number of esters is 3. The summed E-state index contributed by atoms with van der Waals surface area (Å²) in [4.78, 5) is 38.1. The van der Waals surface area contributed by atoms with Gasteiger partial charge in [0.1, 0.15) is 13.2 Å². The van der Waals surface area contributed by atoms with Crippen LogP contribution in [0.1, 0.15) is 316 Å². The van der Waals surface area contributed by atoms with Gasteiger partial charge in [0, 0.05) is 19.3 Å². The van der Waals surface area contributed by atoms with E-state index in [1.807, 2.05) is 6.08 Å². The molecule has 0 rings (SSSR count). The Morgan fingerprint density at radius 3 is 0.925 bits per heavy atom. The van der Waals surface area contributed by atoms with Gasteiger partial charge in [-0.15, -0.1) is 0 Å². The first-order valence-corrected chi connectivity index (χ1v) is 29.5. The van der Waals surface area contributed by atoms with Gasteiger partial charge in [-0.2, -0.15) is 0 Å². The van der Waals surface area contributed by atoms with Crippen molar-refractivity contribution in [3.63, 3.8) is 0 Å². The van der Waals surface area contributed by atoms with E-state index in [2.05, 4.69) is 51.2 Å². The highest BCUT2D eigenvalue weighted by atomic mass is 16.6. The molecule has 1 unspecified atom stereocenters. The Bertz CT molecular complexity index is 1130. The molecule has 0 amide bonds. The predicted octanol–water partition coefficient (Wildman–Crippen LogP) is 19.7. The first kappa shape index (κ1) is 64.6. The molecule has 0 aliphatic rings. The van der Waals surface area contributed by atoms with E-state index >= 15 is 0 Å². The number of rotatable bonds is 54. The van der Waals surface area contributed by atoms with Gasteiger partial charge in [-0.05, 0) is 64.2 Å². The summed E-state index contributed by atoms with van der Waals surface area (Å²) >= 11 is 0. The number of unbranched alkanes of at least 4 members (excludes halogenated alkanes) is 37. The van der Waals surface area contributed by atoms with Gasteiger partial charge in [0.15, 0.2) is 6.10 Å². The lowest BCUT2D eigenvalue weighted by Gasteiger charge is -2.18. The third-order valence-electron chi connectivity index (χ3n) is 13.1. The predicted molar refractivity (Wildman–Crippen MR) is 289 cm³/mol. The first-order valence-electron chi connectivity index (χ1n) is 29.5. The molecule has 0 aromatic carbocycles. The molecule has 6 nitrogen and oxygen atoms in total. The van der Waals surface area contributed by atoms with E-state index in [4.69, 9.17) is 14.2 Å². The van der Waals surface area contributed by atoms with Crippen molar-refractivity contribution >= 4 is 17.9 Å². The molecule has 6 heteroatoms. The highest BCUT2D eigenvalue weighted by Crippen LogP contribution is 2.17. The van der Waals surface area contributed by atoms with E-state index in [0.717, 1.165) is 57.8 Å². The molecule has 0 aliphatic carbocycles. The highest BCUT2D eigenvalue weighted by Gasteiger charge is 2.19. The van der Waals surface area contributed by atoms with E-state index in [1.165, 1.54) is 212 Å². The summed E-state index contributed by atoms with van der Waals surface area (Å²) in [6, 6.07) is 0. The van der Waals surface area contributed by atoms with Crippen molar-refractivity contribution in [3.05, 3.63) is 36.5 Å². The van der Waals surface area contributed by atoms with Crippen LogP contribution in [0.2, 0.25) is 0 Å². The van der Waals surface area contributed by atoms with Crippen LogP contribution in [0.15, 0.2) is 36.5 Å². The van der Waals surface area contributed by atoms with Gasteiger partial charge in [0.25, 0.3) is 0 Å². The summed E-state index contributed by atoms with van der Waals surface area (Å²) in [5.41, 5.74) is 0. The SMILES string of the molecule is CCCCCCCC/C=C\C/C=C\CCC(=O)OCC(COC(=O)CCCCCCC/C=C\CCCCCCCCCCC)OC(=O)CCCCCCCCCCCCCCCCCCCC. The number of allylic oxidation sites excluding steroid dienone is 6. The van der Waals surface area contributed by atoms with Crippen molar-refractivity contribution < 1.29 is 28.6 Å². The molecule has 0 aromatic rings. The van der Waals surface area contributed by atoms with Gasteiger partial charge in [-0.1, -0.05) is 269 Å². The van der Waals surface area contributed by atoms with Crippen molar-refractivity contribution in [2.24, 2.45) is 0 Å². The molecule has 392 valence electrons. The van der Waals surface area contributed by atoms with Crippen LogP contribution >= 0.6 is 0 Å². The van der Waals surface area contributed by atoms with Crippen LogP contribution in [0.3, 0.4) is 0 Å². The number of ether oxygens (including phenoxy) is 3. The van der Waals surface area contributed by atoms with Crippen LogP contribution in [0.25, 0.3) is 0 Å². The standard InChI is InChI=1S/C61H112O6/c1-4-7-10-13-16-19-22-25-27-29-31-33-36-39-42-45-48-51-54-60(63)66-57-58(56-65-59(62)53-50-47-44-41-38-35-24-21-18-15-12-9-6-3)67-61(64)55-52-49-46-43-40-37-34-32-30-28-26-23-20-17-14-11-8-5-2/h31,33,35,38,44,47,58H,4-30,32,34,36-37,39-43,45-46,48-57H2,1-3H3/b33-31-,38-35-,47-44-. The van der Waals surface area contributed by atoms with Crippen LogP contribution < -0.4 is 0 Å². The van der Waals surface area contributed by atoms with Gasteiger partial charge >= 0.3 is 17.9 Å². The van der Waals surface area contributed by atoms with Crippen LogP contribution in [0.5, 0.6) is 0 Å². The number of carbonyl (C=O) groups excluding carboxylic acids is 3. The second kappa shape index (κ2) is 56.2. The fraction of sp³-hybridized carbons (Fsp3) is 0.852. The average molecular weight is 942 g/mol. The van der Waals surface area contributed by atoms with Gasteiger partial charge in [0.05, 0.1) is 0 Å². The lowest BCUT2D eigenvalue weighted by Crippen LogP contribution is -2.30. The molecule has 0 radical (unpaired) electrons. The Labute approximate surface area is 416 Å². The minimum Gasteiger partial charge on any atom is -0.462 e. The van der Waals surface area contributed by atoms with E-state index in [1.54, 1.807) is 0 Å². The van der Waals surface area contributed by atoms with Crippen molar-refractivity contribution in [1.29, 1.82) is 0 Å². The molecule has 0 heterocycles. The van der Waals surface area contributed by atoms with Crippen molar-refractivity contribution in [3.8, 4) is 0 Å². The lowest BCUT2D eigenvalue weighted by molar-refractivity contribution is -0.166. The molecule has 1 atom stereocenters.